The number of piperazine rings is 1. The number of benzene rings is 1. The number of nitrogens with one attached hydrogen (secondary N) is 1. The van der Waals surface area contributed by atoms with Crippen LogP contribution in [0.4, 0.5) is 0 Å². The van der Waals surface area contributed by atoms with Gasteiger partial charge in [-0.05, 0) is 38.0 Å². The van der Waals surface area contributed by atoms with Crippen molar-refractivity contribution >= 4 is 21.8 Å². The Hall–Kier alpha value is -0.870. The van der Waals surface area contributed by atoms with Crippen LogP contribution in [0, 0.1) is 0 Å². The van der Waals surface area contributed by atoms with E-state index >= 15 is 0 Å². The van der Waals surface area contributed by atoms with E-state index in [4.69, 9.17) is 0 Å². The van der Waals surface area contributed by atoms with Gasteiger partial charge in [0.25, 0.3) is 0 Å². The molecule has 1 heterocycles. The summed E-state index contributed by atoms with van der Waals surface area (Å²) in [5.41, 5.74) is 1.21. The van der Waals surface area contributed by atoms with Crippen LogP contribution in [0.15, 0.2) is 28.7 Å². The fourth-order valence-corrected chi connectivity index (χ4v) is 3.08. The minimum absolute atomic E-state index is 0.264. The zero-order valence-electron chi connectivity index (χ0n) is 11.5. The average molecular weight is 325 g/mol. The Kier molecular flexibility index (Phi) is 4.99. The predicted molar refractivity (Wildman–Crippen MR) is 81.1 cm³/mol. The van der Waals surface area contributed by atoms with Crippen LogP contribution in [0.25, 0.3) is 0 Å². The van der Waals surface area contributed by atoms with Gasteiger partial charge in [0.1, 0.15) is 0 Å². The fraction of sp³-hybridized carbons (Fsp3) is 0.533. The van der Waals surface area contributed by atoms with Crippen LogP contribution in [0.1, 0.15) is 25.8 Å². The predicted octanol–water partition coefficient (Wildman–Crippen LogP) is 2.59. The van der Waals surface area contributed by atoms with E-state index < -0.39 is 0 Å². The first-order valence-electron chi connectivity index (χ1n) is 6.83. The van der Waals surface area contributed by atoms with Crippen LogP contribution in [0.2, 0.25) is 0 Å². The lowest BCUT2D eigenvalue weighted by atomic mass is 10.1. The highest BCUT2D eigenvalue weighted by molar-refractivity contribution is 9.10. The smallest absolute Gasteiger partial charge is 0.223 e. The highest BCUT2D eigenvalue weighted by Gasteiger charge is 2.24. The molecule has 1 aromatic rings. The quantitative estimate of drug-likeness (QED) is 0.926. The second-order valence-corrected chi connectivity index (χ2v) is 6.31. The Balaban J connectivity index is 1.87. The van der Waals surface area contributed by atoms with Crippen LogP contribution in [-0.2, 0) is 11.2 Å². The average Bonchev–Trinajstić information content (AvgIpc) is 2.35. The lowest BCUT2D eigenvalue weighted by molar-refractivity contribution is -0.132. The van der Waals surface area contributed by atoms with Crippen LogP contribution in [0.3, 0.4) is 0 Å². The number of hydrogen-bond donors (Lipinski definition) is 1. The van der Waals surface area contributed by atoms with E-state index in [1.165, 1.54) is 5.56 Å². The molecule has 1 fully saturated rings. The maximum Gasteiger partial charge on any atom is 0.223 e. The van der Waals surface area contributed by atoms with Gasteiger partial charge in [-0.1, -0.05) is 28.1 Å². The van der Waals surface area contributed by atoms with Gasteiger partial charge in [0.05, 0.1) is 0 Å². The first-order valence-corrected chi connectivity index (χ1v) is 7.62. The van der Waals surface area contributed by atoms with E-state index in [9.17, 15) is 4.79 Å². The van der Waals surface area contributed by atoms with Crippen LogP contribution in [0.5, 0.6) is 0 Å². The van der Waals surface area contributed by atoms with Crippen LogP contribution >= 0.6 is 15.9 Å². The molecule has 104 valence electrons. The molecule has 0 bridgehead atoms. The van der Waals surface area contributed by atoms with Crippen molar-refractivity contribution in [2.24, 2.45) is 0 Å². The summed E-state index contributed by atoms with van der Waals surface area (Å²) in [6.45, 7) is 5.90. The fourth-order valence-electron chi connectivity index (χ4n) is 2.63. The number of amides is 1. The highest BCUT2D eigenvalue weighted by Crippen LogP contribution is 2.14. The Bertz CT molecular complexity index is 440. The van der Waals surface area contributed by atoms with E-state index in [2.05, 4.69) is 47.2 Å². The molecule has 3 nitrogen and oxygen atoms in total. The van der Waals surface area contributed by atoms with Gasteiger partial charge in [-0.3, -0.25) is 4.79 Å². The second-order valence-electron chi connectivity index (χ2n) is 5.40. The van der Waals surface area contributed by atoms with E-state index in [1.807, 2.05) is 17.0 Å². The van der Waals surface area contributed by atoms with Crippen molar-refractivity contribution < 1.29 is 4.79 Å². The molecule has 0 spiro atoms. The molecule has 1 amide bonds. The Morgan fingerprint density at radius 3 is 2.68 bits per heavy atom. The molecule has 1 N–H and O–H groups in total. The number of hydrogen-bond acceptors (Lipinski definition) is 2. The van der Waals surface area contributed by atoms with Gasteiger partial charge >= 0.3 is 0 Å². The van der Waals surface area contributed by atoms with Crippen LogP contribution in [-0.4, -0.2) is 36.0 Å². The monoisotopic (exact) mass is 324 g/mol. The summed E-state index contributed by atoms with van der Waals surface area (Å²) in [6.07, 6.45) is 1.40. The maximum absolute atomic E-state index is 12.2. The molecule has 1 saturated heterocycles. The molecule has 0 unspecified atom stereocenters. The third-order valence-corrected chi connectivity index (χ3v) is 3.92. The number of halogens is 1. The first kappa shape index (κ1) is 14.5. The normalized spacial score (nSPS) is 23.4. The second kappa shape index (κ2) is 6.53. The summed E-state index contributed by atoms with van der Waals surface area (Å²) in [5.74, 6) is 0.264. The molecule has 1 aliphatic rings. The topological polar surface area (TPSA) is 32.3 Å². The molecule has 0 saturated carbocycles. The third-order valence-electron chi connectivity index (χ3n) is 3.43. The van der Waals surface area contributed by atoms with Gasteiger partial charge in [-0.15, -0.1) is 0 Å². The molecular weight excluding hydrogens is 304 g/mol. The van der Waals surface area contributed by atoms with E-state index in [0.717, 1.165) is 24.0 Å². The molecule has 19 heavy (non-hydrogen) atoms. The third kappa shape index (κ3) is 4.32. The van der Waals surface area contributed by atoms with Gasteiger partial charge in [0.15, 0.2) is 0 Å². The molecule has 4 heteroatoms. The van der Waals surface area contributed by atoms with Crippen molar-refractivity contribution in [2.45, 2.75) is 38.8 Å². The first-order chi connectivity index (χ1) is 9.04. The molecule has 2 atom stereocenters. The number of nitrogens with zero attached hydrogens (tertiary/aromatic N) is 1. The summed E-state index contributed by atoms with van der Waals surface area (Å²) < 4.78 is 1.07. The molecule has 2 rings (SSSR count). The zero-order chi connectivity index (χ0) is 13.8. The van der Waals surface area contributed by atoms with Gasteiger partial charge in [0, 0.05) is 36.1 Å². The number of rotatable bonds is 3. The maximum atomic E-state index is 12.2. The molecule has 0 aliphatic carbocycles. The van der Waals surface area contributed by atoms with E-state index in [0.29, 0.717) is 18.5 Å². The van der Waals surface area contributed by atoms with Gasteiger partial charge in [0.2, 0.25) is 5.91 Å². The Morgan fingerprint density at radius 2 is 2.05 bits per heavy atom. The van der Waals surface area contributed by atoms with Crippen molar-refractivity contribution in [3.63, 3.8) is 0 Å². The standard InChI is InChI=1S/C15H21BrN2O/c1-11-9-18(10-12(2)17-11)15(19)7-6-13-4-3-5-14(16)8-13/h3-5,8,11-12,17H,6-7,9-10H2,1-2H3/t11-,12+. The Morgan fingerprint density at radius 1 is 1.37 bits per heavy atom. The highest BCUT2D eigenvalue weighted by atomic mass is 79.9. The van der Waals surface area contributed by atoms with Crippen LogP contribution < -0.4 is 5.32 Å². The lowest BCUT2D eigenvalue weighted by Gasteiger charge is -2.36. The van der Waals surface area contributed by atoms with Gasteiger partial charge in [-0.2, -0.15) is 0 Å². The minimum Gasteiger partial charge on any atom is -0.340 e. The van der Waals surface area contributed by atoms with E-state index in [1.54, 1.807) is 0 Å². The van der Waals surface area contributed by atoms with Crippen molar-refractivity contribution in [1.29, 1.82) is 0 Å². The molecule has 1 aromatic carbocycles. The number of carbonyl (C=O) groups is 1. The minimum atomic E-state index is 0.264. The summed E-state index contributed by atoms with van der Waals surface area (Å²) in [6, 6.07) is 8.94. The number of aryl methyl sites for hydroxylation is 1. The summed E-state index contributed by atoms with van der Waals surface area (Å²) in [4.78, 5) is 14.2. The van der Waals surface area contributed by atoms with E-state index in [-0.39, 0.29) is 5.91 Å². The largest absolute Gasteiger partial charge is 0.340 e. The summed E-state index contributed by atoms with van der Waals surface area (Å²) >= 11 is 3.46. The number of carbonyl (C=O) groups excluding carboxylic acids is 1. The molecule has 0 radical (unpaired) electrons. The molecule has 0 aromatic heterocycles. The SMILES string of the molecule is C[C@@H]1CN(C(=O)CCc2cccc(Br)c2)C[C@H](C)N1. The summed E-state index contributed by atoms with van der Waals surface area (Å²) in [7, 11) is 0. The van der Waals surface area contributed by atoms with Gasteiger partial charge < -0.3 is 10.2 Å². The van der Waals surface area contributed by atoms with Crippen molar-refractivity contribution in [3.8, 4) is 0 Å². The summed E-state index contributed by atoms with van der Waals surface area (Å²) in [5, 5.41) is 3.45. The molecular formula is C15H21BrN2O. The van der Waals surface area contributed by atoms with Gasteiger partial charge in [-0.25, -0.2) is 0 Å². The Labute approximate surface area is 123 Å². The zero-order valence-corrected chi connectivity index (χ0v) is 13.1. The molecule has 1 aliphatic heterocycles. The van der Waals surface area contributed by atoms with Crippen molar-refractivity contribution in [3.05, 3.63) is 34.3 Å². The van der Waals surface area contributed by atoms with Crippen molar-refractivity contribution in [1.82, 2.24) is 10.2 Å². The lowest BCUT2D eigenvalue weighted by Crippen LogP contribution is -2.55. The van der Waals surface area contributed by atoms with Crippen molar-refractivity contribution in [2.75, 3.05) is 13.1 Å².